The van der Waals surface area contributed by atoms with Crippen LogP contribution in [0.25, 0.3) is 0 Å². The number of nitrogens with one attached hydrogen (secondary N) is 1. The number of guanidine groups is 1. The van der Waals surface area contributed by atoms with Gasteiger partial charge in [-0.05, 0) is 35.7 Å². The monoisotopic (exact) mass is 357 g/mol. The Bertz CT molecular complexity index is 734. The summed E-state index contributed by atoms with van der Waals surface area (Å²) in [4.78, 5) is 8.20. The highest BCUT2D eigenvalue weighted by Gasteiger charge is 2.09. The molecule has 3 rings (SSSR count). The fourth-order valence-corrected chi connectivity index (χ4v) is 3.20. The highest BCUT2D eigenvalue weighted by atomic mass is 32.1. The summed E-state index contributed by atoms with van der Waals surface area (Å²) in [6, 6.07) is 12.0. The maximum Gasteiger partial charge on any atom is 0.194 e. The molecule has 0 aliphatic heterocycles. The van der Waals surface area contributed by atoms with Gasteiger partial charge in [-0.2, -0.15) is 0 Å². The molecule has 0 unspecified atom stereocenters. The quantitative estimate of drug-likeness (QED) is 0.492. The van der Waals surface area contributed by atoms with Gasteiger partial charge in [0.1, 0.15) is 11.5 Å². The maximum atomic E-state index is 5.44. The van der Waals surface area contributed by atoms with E-state index < -0.39 is 0 Å². The van der Waals surface area contributed by atoms with E-state index in [9.17, 15) is 0 Å². The molecule has 3 heterocycles. The largest absolute Gasteiger partial charge is 0.469 e. The van der Waals surface area contributed by atoms with E-state index in [1.54, 1.807) is 23.9 Å². The lowest BCUT2D eigenvalue weighted by Gasteiger charge is -2.21. The van der Waals surface area contributed by atoms with E-state index >= 15 is 0 Å². The molecule has 0 saturated heterocycles. The molecule has 0 amide bonds. The summed E-state index contributed by atoms with van der Waals surface area (Å²) in [5.74, 6) is 2.76. The van der Waals surface area contributed by atoms with Crippen LogP contribution in [0, 0.1) is 0 Å². The zero-order chi connectivity index (χ0) is 17.3. The van der Waals surface area contributed by atoms with Gasteiger partial charge in [-0.15, -0.1) is 11.3 Å². The molecule has 3 aromatic rings. The molecule has 0 aromatic carbocycles. The van der Waals surface area contributed by atoms with Crippen LogP contribution >= 0.6 is 11.3 Å². The van der Waals surface area contributed by atoms with Crippen molar-refractivity contribution in [1.29, 1.82) is 0 Å². The van der Waals surface area contributed by atoms with Crippen LogP contribution in [0.4, 0.5) is 0 Å². The molecule has 132 valence electrons. The summed E-state index contributed by atoms with van der Waals surface area (Å²) in [5, 5.41) is 5.53. The molecular formula is C19H23N3O2S. The second-order valence-electron chi connectivity index (χ2n) is 5.73. The third-order valence-corrected chi connectivity index (χ3v) is 4.71. The first-order valence-corrected chi connectivity index (χ1v) is 9.26. The van der Waals surface area contributed by atoms with E-state index in [0.717, 1.165) is 43.4 Å². The predicted octanol–water partition coefficient (Wildman–Crippen LogP) is 3.80. The fourth-order valence-electron chi connectivity index (χ4n) is 2.50. The van der Waals surface area contributed by atoms with E-state index in [4.69, 9.17) is 13.8 Å². The van der Waals surface area contributed by atoms with Gasteiger partial charge in [0.15, 0.2) is 5.96 Å². The summed E-state index contributed by atoms with van der Waals surface area (Å²) >= 11 is 1.77. The number of hydrogen-bond donors (Lipinski definition) is 1. The van der Waals surface area contributed by atoms with Crippen molar-refractivity contribution < 1.29 is 8.83 Å². The molecule has 0 fully saturated rings. The van der Waals surface area contributed by atoms with Crippen molar-refractivity contribution in [2.24, 2.45) is 4.99 Å². The number of hydrogen-bond acceptors (Lipinski definition) is 4. The van der Waals surface area contributed by atoms with Crippen LogP contribution < -0.4 is 5.32 Å². The van der Waals surface area contributed by atoms with E-state index in [1.807, 2.05) is 31.3 Å². The van der Waals surface area contributed by atoms with Crippen molar-refractivity contribution in [2.75, 3.05) is 20.1 Å². The van der Waals surface area contributed by atoms with Crippen LogP contribution in [0.5, 0.6) is 0 Å². The standard InChI is InChI=1S/C19H23N3O2S/c1-22(15-17-6-3-13-24-17)19(20-10-8-16-5-2-12-23-16)21-11-9-18-7-4-14-25-18/h2-7,12-14H,8-11,15H2,1H3,(H,20,21). The Kier molecular flexibility index (Phi) is 6.34. The predicted molar refractivity (Wildman–Crippen MR) is 101 cm³/mol. The van der Waals surface area contributed by atoms with Crippen LogP contribution in [-0.2, 0) is 19.4 Å². The zero-order valence-electron chi connectivity index (χ0n) is 14.4. The minimum atomic E-state index is 0.679. The van der Waals surface area contributed by atoms with Gasteiger partial charge in [0.05, 0.1) is 19.1 Å². The molecule has 0 aliphatic carbocycles. The first kappa shape index (κ1) is 17.4. The Morgan fingerprint density at radius 3 is 2.56 bits per heavy atom. The van der Waals surface area contributed by atoms with Crippen molar-refractivity contribution in [3.05, 3.63) is 70.7 Å². The Balaban J connectivity index is 1.57. The van der Waals surface area contributed by atoms with Crippen molar-refractivity contribution in [3.8, 4) is 0 Å². The van der Waals surface area contributed by atoms with Gasteiger partial charge >= 0.3 is 0 Å². The number of furan rings is 2. The van der Waals surface area contributed by atoms with Crippen LogP contribution in [-0.4, -0.2) is 31.0 Å². The molecule has 6 heteroatoms. The van der Waals surface area contributed by atoms with Crippen LogP contribution in [0.15, 0.2) is 68.1 Å². The zero-order valence-corrected chi connectivity index (χ0v) is 15.2. The van der Waals surface area contributed by atoms with Crippen molar-refractivity contribution in [2.45, 2.75) is 19.4 Å². The van der Waals surface area contributed by atoms with Gasteiger partial charge in [-0.3, -0.25) is 4.99 Å². The molecular weight excluding hydrogens is 334 g/mol. The molecule has 25 heavy (non-hydrogen) atoms. The summed E-state index contributed by atoms with van der Waals surface area (Å²) in [7, 11) is 2.02. The molecule has 0 atom stereocenters. The minimum absolute atomic E-state index is 0.679. The third-order valence-electron chi connectivity index (χ3n) is 3.77. The normalized spacial score (nSPS) is 11.6. The van der Waals surface area contributed by atoms with Crippen LogP contribution in [0.2, 0.25) is 0 Å². The summed E-state index contributed by atoms with van der Waals surface area (Å²) < 4.78 is 10.8. The SMILES string of the molecule is CN(Cc1ccco1)C(=NCCc1cccs1)NCCc1ccco1. The first-order valence-electron chi connectivity index (χ1n) is 8.38. The molecule has 0 saturated carbocycles. The lowest BCUT2D eigenvalue weighted by atomic mass is 10.3. The van der Waals surface area contributed by atoms with Gasteiger partial charge in [0.2, 0.25) is 0 Å². The highest BCUT2D eigenvalue weighted by molar-refractivity contribution is 7.09. The number of nitrogens with zero attached hydrogens (tertiary/aromatic N) is 2. The molecule has 0 aliphatic rings. The number of aliphatic imine (C=N–C) groups is 1. The molecule has 1 N–H and O–H groups in total. The van der Waals surface area contributed by atoms with E-state index in [2.05, 4.69) is 27.7 Å². The molecule has 3 aromatic heterocycles. The lowest BCUT2D eigenvalue weighted by Crippen LogP contribution is -2.39. The highest BCUT2D eigenvalue weighted by Crippen LogP contribution is 2.09. The van der Waals surface area contributed by atoms with E-state index in [1.165, 1.54) is 4.88 Å². The molecule has 0 spiro atoms. The summed E-state index contributed by atoms with van der Waals surface area (Å²) in [6.45, 7) is 2.21. The average Bonchev–Trinajstić information content (AvgIpc) is 3.37. The van der Waals surface area contributed by atoms with Crippen molar-refractivity contribution in [1.82, 2.24) is 10.2 Å². The van der Waals surface area contributed by atoms with Crippen LogP contribution in [0.3, 0.4) is 0 Å². The van der Waals surface area contributed by atoms with E-state index in [0.29, 0.717) is 6.54 Å². The maximum absolute atomic E-state index is 5.44. The topological polar surface area (TPSA) is 53.9 Å². The van der Waals surface area contributed by atoms with Crippen molar-refractivity contribution in [3.63, 3.8) is 0 Å². The van der Waals surface area contributed by atoms with Gasteiger partial charge in [0.25, 0.3) is 0 Å². The Hall–Kier alpha value is -2.47. The summed E-state index contributed by atoms with van der Waals surface area (Å²) in [6.07, 6.45) is 5.18. The van der Waals surface area contributed by atoms with Crippen LogP contribution in [0.1, 0.15) is 16.4 Å². The van der Waals surface area contributed by atoms with Gasteiger partial charge in [-0.25, -0.2) is 0 Å². The van der Waals surface area contributed by atoms with Gasteiger partial charge in [0, 0.05) is 37.9 Å². The second-order valence-corrected chi connectivity index (χ2v) is 6.76. The van der Waals surface area contributed by atoms with Crippen molar-refractivity contribution >= 4 is 17.3 Å². The minimum Gasteiger partial charge on any atom is -0.469 e. The average molecular weight is 357 g/mol. The molecule has 5 nitrogen and oxygen atoms in total. The number of rotatable bonds is 8. The Morgan fingerprint density at radius 1 is 1.08 bits per heavy atom. The Morgan fingerprint density at radius 2 is 1.88 bits per heavy atom. The number of thiophene rings is 1. The van der Waals surface area contributed by atoms with Gasteiger partial charge in [-0.1, -0.05) is 6.07 Å². The smallest absolute Gasteiger partial charge is 0.194 e. The molecule has 0 bridgehead atoms. The second kappa shape index (κ2) is 9.13. The Labute approximate surface area is 152 Å². The lowest BCUT2D eigenvalue weighted by molar-refractivity contribution is 0.398. The van der Waals surface area contributed by atoms with E-state index in [-0.39, 0.29) is 0 Å². The summed E-state index contributed by atoms with van der Waals surface area (Å²) in [5.41, 5.74) is 0. The first-order chi connectivity index (χ1) is 12.3. The molecule has 0 radical (unpaired) electrons. The van der Waals surface area contributed by atoms with Gasteiger partial charge < -0.3 is 19.1 Å². The fraction of sp³-hybridized carbons (Fsp3) is 0.316. The third kappa shape index (κ3) is 5.53.